The highest BCUT2D eigenvalue weighted by Crippen LogP contribution is 2.27. The van der Waals surface area contributed by atoms with Crippen molar-refractivity contribution in [1.29, 1.82) is 0 Å². The second-order valence-corrected chi connectivity index (χ2v) is 7.84. The molecule has 1 fully saturated rings. The second-order valence-electron chi connectivity index (χ2n) is 7.84. The molecule has 0 bridgehead atoms. The predicted molar refractivity (Wildman–Crippen MR) is 116 cm³/mol. The number of carboxylic acid groups (broad SMARTS) is 1. The van der Waals surface area contributed by atoms with E-state index in [0.717, 1.165) is 11.1 Å². The number of carboxylic acids is 1. The van der Waals surface area contributed by atoms with Gasteiger partial charge >= 0.3 is 5.97 Å². The van der Waals surface area contributed by atoms with Crippen LogP contribution in [0.5, 0.6) is 0 Å². The molecule has 0 saturated carbocycles. The van der Waals surface area contributed by atoms with Crippen LogP contribution in [0.4, 0.5) is 0 Å². The smallest absolute Gasteiger partial charge is 0.303 e. The van der Waals surface area contributed by atoms with Gasteiger partial charge in [0.2, 0.25) is 0 Å². The lowest BCUT2D eigenvalue weighted by molar-refractivity contribution is -0.279. The van der Waals surface area contributed by atoms with E-state index in [1.54, 1.807) is 0 Å². The number of benzene rings is 2. The number of carbonyl (C=O) groups is 1. The predicted octanol–water partition coefficient (Wildman–Crippen LogP) is 4.56. The lowest BCUT2D eigenvalue weighted by Crippen LogP contribution is -2.49. The fraction of sp³-hybridized carbons (Fsp3) is 0.480. The summed E-state index contributed by atoms with van der Waals surface area (Å²) < 4.78 is 24.4. The third-order valence-electron chi connectivity index (χ3n) is 5.32. The molecule has 0 spiro atoms. The van der Waals surface area contributed by atoms with Crippen molar-refractivity contribution < 1.29 is 28.8 Å². The molecule has 4 atom stereocenters. The van der Waals surface area contributed by atoms with E-state index in [1.807, 2.05) is 67.6 Å². The Kier molecular flexibility index (Phi) is 9.49. The molecule has 3 rings (SSSR count). The molecule has 6 nitrogen and oxygen atoms in total. The zero-order valence-electron chi connectivity index (χ0n) is 18.0. The highest BCUT2D eigenvalue weighted by Gasteiger charge is 2.38. The van der Waals surface area contributed by atoms with E-state index in [0.29, 0.717) is 39.1 Å². The molecule has 0 aromatic heterocycles. The molecular formula is C25H32O6. The molecule has 1 aliphatic rings. The Bertz CT molecular complexity index is 766. The van der Waals surface area contributed by atoms with Crippen molar-refractivity contribution >= 4 is 5.97 Å². The number of rotatable bonds is 12. The summed E-state index contributed by atoms with van der Waals surface area (Å²) in [5.74, 6) is -0.787. The number of aliphatic carboxylic acids is 1. The minimum absolute atomic E-state index is 0.104. The average molecular weight is 429 g/mol. The molecule has 1 aliphatic heterocycles. The van der Waals surface area contributed by atoms with Crippen LogP contribution in [0, 0.1) is 0 Å². The molecule has 0 radical (unpaired) electrons. The van der Waals surface area contributed by atoms with Crippen molar-refractivity contribution in [1.82, 2.24) is 0 Å². The maximum atomic E-state index is 10.7. The van der Waals surface area contributed by atoms with Crippen molar-refractivity contribution in [2.75, 3.05) is 6.61 Å². The van der Waals surface area contributed by atoms with Crippen LogP contribution in [0.15, 0.2) is 60.7 Å². The van der Waals surface area contributed by atoms with Crippen molar-refractivity contribution in [3.05, 3.63) is 71.8 Å². The Morgan fingerprint density at radius 3 is 2.06 bits per heavy atom. The monoisotopic (exact) mass is 428 g/mol. The standard InChI is InChI=1S/C25H32O6/c1-19-22(29-17-20-10-4-2-5-11-20)16-23(30-18-21-12-6-3-7-13-21)25(31-19)28-15-9-8-14-24(26)27/h2-7,10-13,19,22-23,25H,8-9,14-18H2,1H3,(H,26,27)/t19-,22+,23+,25+/m0/s1. The van der Waals surface area contributed by atoms with Gasteiger partial charge in [-0.05, 0) is 30.9 Å². The molecular weight excluding hydrogens is 396 g/mol. The fourth-order valence-corrected chi connectivity index (χ4v) is 3.55. The minimum Gasteiger partial charge on any atom is -0.481 e. The van der Waals surface area contributed by atoms with E-state index in [9.17, 15) is 4.79 Å². The summed E-state index contributed by atoms with van der Waals surface area (Å²) in [5, 5.41) is 8.78. The zero-order chi connectivity index (χ0) is 21.9. The highest BCUT2D eigenvalue weighted by atomic mass is 16.7. The van der Waals surface area contributed by atoms with E-state index in [2.05, 4.69) is 0 Å². The van der Waals surface area contributed by atoms with Gasteiger partial charge in [0.1, 0.15) is 6.10 Å². The van der Waals surface area contributed by atoms with Gasteiger partial charge in [-0.25, -0.2) is 0 Å². The second kappa shape index (κ2) is 12.6. The summed E-state index contributed by atoms with van der Waals surface area (Å²) in [6, 6.07) is 20.1. The van der Waals surface area contributed by atoms with Gasteiger partial charge in [-0.1, -0.05) is 60.7 Å². The molecule has 0 amide bonds. The van der Waals surface area contributed by atoms with Gasteiger partial charge < -0.3 is 24.1 Å². The topological polar surface area (TPSA) is 74.2 Å². The first kappa shape index (κ1) is 23.4. The Balaban J connectivity index is 1.55. The number of hydrogen-bond donors (Lipinski definition) is 1. The van der Waals surface area contributed by atoms with E-state index in [4.69, 9.17) is 24.1 Å². The molecule has 2 aromatic carbocycles. The Labute approximate surface area is 184 Å². The maximum absolute atomic E-state index is 10.7. The van der Waals surface area contributed by atoms with Gasteiger partial charge in [0.15, 0.2) is 6.29 Å². The number of unbranched alkanes of at least 4 members (excludes halogenated alkanes) is 1. The Morgan fingerprint density at radius 2 is 1.48 bits per heavy atom. The quantitative estimate of drug-likeness (QED) is 0.500. The summed E-state index contributed by atoms with van der Waals surface area (Å²) in [6.45, 7) is 3.41. The number of hydrogen-bond acceptors (Lipinski definition) is 5. The highest BCUT2D eigenvalue weighted by molar-refractivity contribution is 5.66. The fourth-order valence-electron chi connectivity index (χ4n) is 3.55. The van der Waals surface area contributed by atoms with E-state index in [-0.39, 0.29) is 24.7 Å². The SMILES string of the molecule is C[C@@H]1O[C@@H](OCCCCC(=O)O)[C@H](OCc2ccccc2)C[C@H]1OCc1ccccc1. The molecule has 1 heterocycles. The first-order chi connectivity index (χ1) is 15.1. The molecule has 2 aromatic rings. The van der Waals surface area contributed by atoms with E-state index >= 15 is 0 Å². The lowest BCUT2D eigenvalue weighted by Gasteiger charge is -2.39. The molecule has 0 aliphatic carbocycles. The zero-order valence-corrected chi connectivity index (χ0v) is 18.0. The van der Waals surface area contributed by atoms with Crippen molar-refractivity contribution in [2.45, 2.75) is 70.4 Å². The molecule has 1 saturated heterocycles. The van der Waals surface area contributed by atoms with Crippen molar-refractivity contribution in [3.8, 4) is 0 Å². The van der Waals surface area contributed by atoms with E-state index in [1.165, 1.54) is 0 Å². The average Bonchev–Trinajstić information content (AvgIpc) is 2.78. The molecule has 31 heavy (non-hydrogen) atoms. The van der Waals surface area contributed by atoms with Gasteiger partial charge in [-0.3, -0.25) is 4.79 Å². The lowest BCUT2D eigenvalue weighted by atomic mass is 10.0. The van der Waals surface area contributed by atoms with Crippen LogP contribution in [0.3, 0.4) is 0 Å². The van der Waals surface area contributed by atoms with Crippen LogP contribution in [0.2, 0.25) is 0 Å². The van der Waals surface area contributed by atoms with Gasteiger partial charge in [0.05, 0.1) is 25.4 Å². The van der Waals surface area contributed by atoms with Crippen LogP contribution >= 0.6 is 0 Å². The minimum atomic E-state index is -0.787. The first-order valence-electron chi connectivity index (χ1n) is 10.9. The normalized spacial score (nSPS) is 23.5. The third-order valence-corrected chi connectivity index (χ3v) is 5.32. The van der Waals surface area contributed by atoms with Gasteiger partial charge in [0, 0.05) is 19.4 Å². The summed E-state index contributed by atoms with van der Waals surface area (Å²) in [5.41, 5.74) is 2.20. The van der Waals surface area contributed by atoms with Gasteiger partial charge in [0.25, 0.3) is 0 Å². The van der Waals surface area contributed by atoms with Gasteiger partial charge in [-0.15, -0.1) is 0 Å². The first-order valence-corrected chi connectivity index (χ1v) is 10.9. The third kappa shape index (κ3) is 8.07. The molecule has 0 unspecified atom stereocenters. The summed E-state index contributed by atoms with van der Waals surface area (Å²) in [6.07, 6.45) is 1.05. The summed E-state index contributed by atoms with van der Waals surface area (Å²) in [4.78, 5) is 10.7. The van der Waals surface area contributed by atoms with E-state index < -0.39 is 12.3 Å². The Hall–Kier alpha value is -2.25. The maximum Gasteiger partial charge on any atom is 0.303 e. The largest absolute Gasteiger partial charge is 0.481 e. The molecule has 1 N–H and O–H groups in total. The number of ether oxygens (including phenoxy) is 4. The molecule has 168 valence electrons. The van der Waals surface area contributed by atoms with Crippen molar-refractivity contribution in [3.63, 3.8) is 0 Å². The van der Waals surface area contributed by atoms with Crippen LogP contribution in [-0.2, 0) is 37.0 Å². The van der Waals surface area contributed by atoms with Crippen LogP contribution in [0.1, 0.15) is 43.7 Å². The molecule has 6 heteroatoms. The summed E-state index contributed by atoms with van der Waals surface area (Å²) in [7, 11) is 0. The van der Waals surface area contributed by atoms with Crippen LogP contribution < -0.4 is 0 Å². The van der Waals surface area contributed by atoms with Crippen LogP contribution in [0.25, 0.3) is 0 Å². The van der Waals surface area contributed by atoms with Gasteiger partial charge in [-0.2, -0.15) is 0 Å². The summed E-state index contributed by atoms with van der Waals surface area (Å²) >= 11 is 0. The van der Waals surface area contributed by atoms with Crippen LogP contribution in [-0.4, -0.2) is 42.3 Å². The Morgan fingerprint density at radius 1 is 0.903 bits per heavy atom. The van der Waals surface area contributed by atoms with Crippen molar-refractivity contribution in [2.24, 2.45) is 0 Å².